The topological polar surface area (TPSA) is 33.7 Å². The van der Waals surface area contributed by atoms with Crippen LogP contribution in [0, 0.1) is 0 Å². The molecule has 1 aliphatic heterocycles. The van der Waals surface area contributed by atoms with Gasteiger partial charge in [-0.05, 0) is 32.9 Å². The van der Waals surface area contributed by atoms with Crippen molar-refractivity contribution < 1.29 is 9.47 Å². The van der Waals surface area contributed by atoms with Crippen molar-refractivity contribution in [3.8, 4) is 11.5 Å². The highest BCUT2D eigenvalue weighted by Crippen LogP contribution is 2.35. The SMILES string of the molecule is COc1ccc(OC)c(N2CC(C)(C)NCC2C)c1. The number of piperazine rings is 1. The predicted octanol–water partition coefficient (Wildman–Crippen LogP) is 2.28. The second-order valence-corrected chi connectivity index (χ2v) is 5.78. The summed E-state index contributed by atoms with van der Waals surface area (Å²) >= 11 is 0. The van der Waals surface area contributed by atoms with Crippen LogP contribution >= 0.6 is 0 Å². The van der Waals surface area contributed by atoms with Crippen molar-refractivity contribution in [2.45, 2.75) is 32.4 Å². The summed E-state index contributed by atoms with van der Waals surface area (Å²) in [5.41, 5.74) is 1.20. The number of ether oxygens (including phenoxy) is 2. The fraction of sp³-hybridized carbons (Fsp3) is 0.600. The number of nitrogens with zero attached hydrogens (tertiary/aromatic N) is 1. The van der Waals surface area contributed by atoms with Crippen LogP contribution in [0.15, 0.2) is 18.2 Å². The van der Waals surface area contributed by atoms with Gasteiger partial charge in [0.15, 0.2) is 0 Å². The Kier molecular flexibility index (Phi) is 3.90. The van der Waals surface area contributed by atoms with E-state index in [2.05, 4.69) is 37.1 Å². The van der Waals surface area contributed by atoms with Gasteiger partial charge in [0.05, 0.1) is 19.9 Å². The van der Waals surface area contributed by atoms with E-state index in [1.165, 1.54) is 0 Å². The second-order valence-electron chi connectivity index (χ2n) is 5.78. The average Bonchev–Trinajstić information content (AvgIpc) is 2.41. The van der Waals surface area contributed by atoms with Crippen LogP contribution in [0.25, 0.3) is 0 Å². The molecule has 1 saturated heterocycles. The summed E-state index contributed by atoms with van der Waals surface area (Å²) < 4.78 is 10.8. The highest BCUT2D eigenvalue weighted by molar-refractivity contribution is 5.62. The third kappa shape index (κ3) is 2.95. The lowest BCUT2D eigenvalue weighted by molar-refractivity contribution is 0.314. The third-order valence-corrected chi connectivity index (χ3v) is 3.67. The zero-order valence-electron chi connectivity index (χ0n) is 12.5. The first kappa shape index (κ1) is 14.0. The van der Waals surface area contributed by atoms with E-state index in [-0.39, 0.29) is 5.54 Å². The lowest BCUT2D eigenvalue weighted by Gasteiger charge is -2.45. The molecule has 1 aliphatic rings. The van der Waals surface area contributed by atoms with Crippen molar-refractivity contribution in [1.29, 1.82) is 0 Å². The lowest BCUT2D eigenvalue weighted by atomic mass is 9.98. The Morgan fingerprint density at radius 3 is 2.63 bits per heavy atom. The van der Waals surface area contributed by atoms with E-state index in [1.54, 1.807) is 14.2 Å². The second kappa shape index (κ2) is 5.29. The molecular formula is C15H24N2O2. The zero-order valence-corrected chi connectivity index (χ0v) is 12.5. The largest absolute Gasteiger partial charge is 0.497 e. The molecule has 1 aromatic carbocycles. The predicted molar refractivity (Wildman–Crippen MR) is 78.4 cm³/mol. The number of hydrogen-bond donors (Lipinski definition) is 1. The van der Waals surface area contributed by atoms with Crippen LogP contribution in [-0.2, 0) is 0 Å². The zero-order chi connectivity index (χ0) is 14.0. The van der Waals surface area contributed by atoms with E-state index in [1.807, 2.05) is 12.1 Å². The summed E-state index contributed by atoms with van der Waals surface area (Å²) in [5.74, 6) is 1.75. The molecule has 1 heterocycles. The molecule has 106 valence electrons. The molecule has 0 saturated carbocycles. The molecule has 2 rings (SSSR count). The highest BCUT2D eigenvalue weighted by Gasteiger charge is 2.31. The Bertz CT molecular complexity index is 446. The molecule has 0 bridgehead atoms. The molecule has 19 heavy (non-hydrogen) atoms. The van der Waals surface area contributed by atoms with Crippen LogP contribution in [0.3, 0.4) is 0 Å². The van der Waals surface area contributed by atoms with Crippen LogP contribution < -0.4 is 19.7 Å². The maximum atomic E-state index is 5.50. The normalized spacial score (nSPS) is 22.2. The van der Waals surface area contributed by atoms with E-state index >= 15 is 0 Å². The van der Waals surface area contributed by atoms with Crippen molar-refractivity contribution >= 4 is 5.69 Å². The summed E-state index contributed by atoms with van der Waals surface area (Å²) in [6, 6.07) is 6.38. The van der Waals surface area contributed by atoms with Crippen LogP contribution in [-0.4, -0.2) is 38.9 Å². The quantitative estimate of drug-likeness (QED) is 0.908. The van der Waals surface area contributed by atoms with Gasteiger partial charge in [0, 0.05) is 30.7 Å². The molecule has 1 aromatic rings. The van der Waals surface area contributed by atoms with E-state index in [9.17, 15) is 0 Å². The van der Waals surface area contributed by atoms with Gasteiger partial charge in [-0.15, -0.1) is 0 Å². The van der Waals surface area contributed by atoms with E-state index in [0.717, 1.165) is 30.3 Å². The number of benzene rings is 1. The fourth-order valence-corrected chi connectivity index (χ4v) is 2.52. The lowest BCUT2D eigenvalue weighted by Crippen LogP contribution is -2.61. The molecule has 4 heteroatoms. The molecule has 4 nitrogen and oxygen atoms in total. The first-order chi connectivity index (χ1) is 8.96. The van der Waals surface area contributed by atoms with Crippen molar-refractivity contribution in [1.82, 2.24) is 5.32 Å². The maximum absolute atomic E-state index is 5.50. The summed E-state index contributed by atoms with van der Waals surface area (Å²) in [4.78, 5) is 2.39. The van der Waals surface area contributed by atoms with Crippen LogP contribution in [0.1, 0.15) is 20.8 Å². The monoisotopic (exact) mass is 264 g/mol. The van der Waals surface area contributed by atoms with E-state index < -0.39 is 0 Å². The molecule has 0 aliphatic carbocycles. The molecule has 0 spiro atoms. The van der Waals surface area contributed by atoms with E-state index in [4.69, 9.17) is 9.47 Å². The Morgan fingerprint density at radius 1 is 1.26 bits per heavy atom. The molecular weight excluding hydrogens is 240 g/mol. The summed E-state index contributed by atoms with van der Waals surface area (Å²) in [5, 5.41) is 3.56. The minimum atomic E-state index is 0.0978. The van der Waals surface area contributed by atoms with Crippen molar-refractivity contribution in [2.24, 2.45) is 0 Å². The van der Waals surface area contributed by atoms with Gasteiger partial charge in [-0.3, -0.25) is 0 Å². The molecule has 1 fully saturated rings. The van der Waals surface area contributed by atoms with Gasteiger partial charge in [0.25, 0.3) is 0 Å². The third-order valence-electron chi connectivity index (χ3n) is 3.67. The Hall–Kier alpha value is -1.42. The number of rotatable bonds is 3. The van der Waals surface area contributed by atoms with E-state index in [0.29, 0.717) is 6.04 Å². The fourth-order valence-electron chi connectivity index (χ4n) is 2.52. The number of anilines is 1. The summed E-state index contributed by atoms with van der Waals surface area (Å²) in [7, 11) is 3.40. The van der Waals surface area contributed by atoms with Gasteiger partial charge in [-0.2, -0.15) is 0 Å². The number of nitrogens with one attached hydrogen (secondary N) is 1. The Labute approximate surface area is 115 Å². The molecule has 0 amide bonds. The minimum absolute atomic E-state index is 0.0978. The van der Waals surface area contributed by atoms with Gasteiger partial charge in [0.1, 0.15) is 11.5 Å². The Morgan fingerprint density at radius 2 is 2.00 bits per heavy atom. The summed E-state index contributed by atoms with van der Waals surface area (Å²) in [6.07, 6.45) is 0. The smallest absolute Gasteiger partial charge is 0.142 e. The molecule has 1 unspecified atom stereocenters. The Balaban J connectivity index is 2.37. The van der Waals surface area contributed by atoms with Gasteiger partial charge >= 0.3 is 0 Å². The summed E-state index contributed by atoms with van der Waals surface area (Å²) in [6.45, 7) is 8.57. The average molecular weight is 264 g/mol. The highest BCUT2D eigenvalue weighted by atomic mass is 16.5. The van der Waals surface area contributed by atoms with Crippen molar-refractivity contribution in [3.05, 3.63) is 18.2 Å². The van der Waals surface area contributed by atoms with Crippen LogP contribution in [0.4, 0.5) is 5.69 Å². The van der Waals surface area contributed by atoms with Gasteiger partial charge in [-0.1, -0.05) is 0 Å². The van der Waals surface area contributed by atoms with Crippen LogP contribution in [0.5, 0.6) is 11.5 Å². The first-order valence-electron chi connectivity index (χ1n) is 6.70. The van der Waals surface area contributed by atoms with Gasteiger partial charge < -0.3 is 19.7 Å². The van der Waals surface area contributed by atoms with Crippen molar-refractivity contribution in [2.75, 3.05) is 32.2 Å². The molecule has 1 atom stereocenters. The first-order valence-corrected chi connectivity index (χ1v) is 6.70. The van der Waals surface area contributed by atoms with Crippen molar-refractivity contribution in [3.63, 3.8) is 0 Å². The standard InChI is InChI=1S/C15H24N2O2/c1-11-9-16-15(2,3)10-17(11)13-8-12(18-4)6-7-14(13)19-5/h6-8,11,16H,9-10H2,1-5H3. The minimum Gasteiger partial charge on any atom is -0.497 e. The van der Waals surface area contributed by atoms with Gasteiger partial charge in [-0.25, -0.2) is 0 Å². The number of hydrogen-bond acceptors (Lipinski definition) is 4. The molecule has 0 radical (unpaired) electrons. The molecule has 0 aromatic heterocycles. The molecule has 1 N–H and O–H groups in total. The number of methoxy groups -OCH3 is 2. The van der Waals surface area contributed by atoms with Gasteiger partial charge in [0.2, 0.25) is 0 Å². The maximum Gasteiger partial charge on any atom is 0.142 e. The van der Waals surface area contributed by atoms with Crippen LogP contribution in [0.2, 0.25) is 0 Å².